The van der Waals surface area contributed by atoms with E-state index < -0.39 is 5.91 Å². The number of carbonyl (C=O) groups is 4. The Kier molecular flexibility index (Phi) is 4.93. The first-order valence-electron chi connectivity index (χ1n) is 8.38. The molecule has 1 heterocycles. The molecule has 0 fully saturated rings. The first-order chi connectivity index (χ1) is 12.5. The van der Waals surface area contributed by atoms with Crippen LogP contribution in [-0.4, -0.2) is 30.6 Å². The largest absolute Gasteiger partial charge is 0.352 e. The molecule has 6 nitrogen and oxygen atoms in total. The van der Waals surface area contributed by atoms with Crippen LogP contribution in [0.2, 0.25) is 0 Å². The second-order valence-electron chi connectivity index (χ2n) is 6.14. The maximum atomic E-state index is 12.3. The van der Waals surface area contributed by atoms with Crippen LogP contribution in [0.5, 0.6) is 0 Å². The number of carbonyl (C=O) groups excluding carboxylic acids is 4. The summed E-state index contributed by atoms with van der Waals surface area (Å²) in [5.74, 6) is -1.07. The lowest BCUT2D eigenvalue weighted by molar-refractivity contribution is 0.0877. The highest BCUT2D eigenvalue weighted by molar-refractivity contribution is 6.21. The second-order valence-corrected chi connectivity index (χ2v) is 6.14. The molecule has 2 aromatic carbocycles. The topological polar surface area (TPSA) is 92.3 Å². The monoisotopic (exact) mass is 350 g/mol. The van der Waals surface area contributed by atoms with Crippen molar-refractivity contribution in [3.63, 3.8) is 0 Å². The molecule has 132 valence electrons. The predicted octanol–water partition coefficient (Wildman–Crippen LogP) is 2.11. The Morgan fingerprint density at radius 2 is 1.73 bits per heavy atom. The molecule has 2 aromatic rings. The number of imide groups is 1. The minimum atomic E-state index is -0.400. The van der Waals surface area contributed by atoms with Gasteiger partial charge in [0.05, 0.1) is 16.7 Å². The molecule has 3 rings (SSSR count). The van der Waals surface area contributed by atoms with Crippen molar-refractivity contribution in [1.82, 2.24) is 10.6 Å². The van der Waals surface area contributed by atoms with Gasteiger partial charge in [-0.25, -0.2) is 0 Å². The van der Waals surface area contributed by atoms with Gasteiger partial charge >= 0.3 is 0 Å². The van der Waals surface area contributed by atoms with Gasteiger partial charge in [0.15, 0.2) is 6.29 Å². The van der Waals surface area contributed by atoms with Crippen LogP contribution in [0.1, 0.15) is 65.9 Å². The van der Waals surface area contributed by atoms with Gasteiger partial charge in [-0.1, -0.05) is 25.1 Å². The molecular weight excluding hydrogens is 332 g/mol. The third kappa shape index (κ3) is 3.39. The summed E-state index contributed by atoms with van der Waals surface area (Å²) in [4.78, 5) is 46.9. The van der Waals surface area contributed by atoms with Crippen molar-refractivity contribution in [2.24, 2.45) is 0 Å². The molecule has 1 aliphatic rings. The van der Waals surface area contributed by atoms with E-state index >= 15 is 0 Å². The zero-order valence-corrected chi connectivity index (χ0v) is 14.3. The lowest BCUT2D eigenvalue weighted by Gasteiger charge is -2.09. The Labute approximate surface area is 150 Å². The minimum Gasteiger partial charge on any atom is -0.352 e. The Balaban J connectivity index is 1.88. The zero-order chi connectivity index (χ0) is 18.7. The number of benzene rings is 2. The molecule has 0 aliphatic carbocycles. The Morgan fingerprint density at radius 3 is 2.46 bits per heavy atom. The van der Waals surface area contributed by atoms with Crippen molar-refractivity contribution in [2.45, 2.75) is 19.8 Å². The highest BCUT2D eigenvalue weighted by Gasteiger charge is 2.26. The van der Waals surface area contributed by atoms with Crippen molar-refractivity contribution < 1.29 is 19.2 Å². The average Bonchev–Trinajstić information content (AvgIpc) is 2.93. The Bertz CT molecular complexity index is 918. The summed E-state index contributed by atoms with van der Waals surface area (Å²) < 4.78 is 0. The van der Waals surface area contributed by atoms with E-state index in [0.717, 1.165) is 17.5 Å². The first kappa shape index (κ1) is 17.5. The fourth-order valence-electron chi connectivity index (χ4n) is 2.91. The number of rotatable bonds is 6. The summed E-state index contributed by atoms with van der Waals surface area (Å²) in [6.07, 6.45) is 1.94. The minimum absolute atomic E-state index is 0.283. The van der Waals surface area contributed by atoms with E-state index in [4.69, 9.17) is 0 Å². The molecule has 0 radical (unpaired) electrons. The van der Waals surface area contributed by atoms with Crippen molar-refractivity contribution in [1.29, 1.82) is 0 Å². The van der Waals surface area contributed by atoms with Gasteiger partial charge in [0.25, 0.3) is 17.7 Å². The van der Waals surface area contributed by atoms with Crippen molar-refractivity contribution >= 4 is 24.0 Å². The maximum Gasteiger partial charge on any atom is 0.258 e. The number of aldehydes is 1. The van der Waals surface area contributed by atoms with Crippen LogP contribution in [0.15, 0.2) is 36.4 Å². The fraction of sp³-hybridized carbons (Fsp3) is 0.200. The van der Waals surface area contributed by atoms with Crippen LogP contribution in [0, 0.1) is 0 Å². The molecule has 1 aliphatic heterocycles. The maximum absolute atomic E-state index is 12.3. The summed E-state index contributed by atoms with van der Waals surface area (Å²) in [5.41, 5.74) is 3.07. The summed E-state index contributed by atoms with van der Waals surface area (Å²) in [6.45, 7) is 2.49. The average molecular weight is 350 g/mol. The predicted molar refractivity (Wildman–Crippen MR) is 95.5 cm³/mol. The number of hydrogen-bond donors (Lipinski definition) is 2. The summed E-state index contributed by atoms with van der Waals surface area (Å²) in [7, 11) is 0. The van der Waals surface area contributed by atoms with E-state index in [1.807, 2.05) is 6.92 Å². The Morgan fingerprint density at radius 1 is 1.04 bits per heavy atom. The van der Waals surface area contributed by atoms with Crippen LogP contribution >= 0.6 is 0 Å². The van der Waals surface area contributed by atoms with Gasteiger partial charge in [0.2, 0.25) is 0 Å². The van der Waals surface area contributed by atoms with Crippen LogP contribution in [0.3, 0.4) is 0 Å². The van der Waals surface area contributed by atoms with E-state index in [1.54, 1.807) is 36.4 Å². The smallest absolute Gasteiger partial charge is 0.258 e. The number of amides is 3. The molecule has 0 spiro atoms. The van der Waals surface area contributed by atoms with Gasteiger partial charge in [-0.2, -0.15) is 0 Å². The van der Waals surface area contributed by atoms with Gasteiger partial charge in [-0.3, -0.25) is 24.5 Å². The van der Waals surface area contributed by atoms with Crippen LogP contribution in [0.25, 0.3) is 0 Å². The molecule has 2 N–H and O–H groups in total. The fourth-order valence-corrected chi connectivity index (χ4v) is 2.91. The highest BCUT2D eigenvalue weighted by Crippen LogP contribution is 2.20. The van der Waals surface area contributed by atoms with E-state index in [2.05, 4.69) is 10.6 Å². The molecular formula is C20H18N2O4. The zero-order valence-electron chi connectivity index (χ0n) is 14.3. The molecule has 0 bridgehead atoms. The SMILES string of the molecule is CCCNC(=O)c1cc(Cc2ccc3c(c2)C(=O)NC3=O)ccc1C=O. The van der Waals surface area contributed by atoms with Crippen LogP contribution in [0.4, 0.5) is 0 Å². The van der Waals surface area contributed by atoms with E-state index in [9.17, 15) is 19.2 Å². The van der Waals surface area contributed by atoms with Crippen molar-refractivity contribution in [3.05, 3.63) is 69.8 Å². The summed E-state index contributed by atoms with van der Waals surface area (Å²) in [5, 5.41) is 5.03. The van der Waals surface area contributed by atoms with Gasteiger partial charge in [0.1, 0.15) is 0 Å². The van der Waals surface area contributed by atoms with Gasteiger partial charge in [-0.15, -0.1) is 0 Å². The van der Waals surface area contributed by atoms with Crippen LogP contribution in [-0.2, 0) is 6.42 Å². The molecule has 0 unspecified atom stereocenters. The van der Waals surface area contributed by atoms with Gasteiger partial charge in [-0.05, 0) is 42.2 Å². The number of fused-ring (bicyclic) bond motifs is 1. The van der Waals surface area contributed by atoms with E-state index in [0.29, 0.717) is 41.5 Å². The van der Waals surface area contributed by atoms with Crippen molar-refractivity contribution in [2.75, 3.05) is 6.54 Å². The third-order valence-electron chi connectivity index (χ3n) is 4.23. The van der Waals surface area contributed by atoms with Gasteiger partial charge in [0, 0.05) is 12.1 Å². The lowest BCUT2D eigenvalue weighted by Crippen LogP contribution is -2.25. The molecule has 6 heteroatoms. The normalized spacial score (nSPS) is 12.5. The van der Waals surface area contributed by atoms with E-state index in [-0.39, 0.29) is 11.8 Å². The molecule has 26 heavy (non-hydrogen) atoms. The Hall–Kier alpha value is -3.28. The number of nitrogens with one attached hydrogen (secondary N) is 2. The second kappa shape index (κ2) is 7.31. The highest BCUT2D eigenvalue weighted by atomic mass is 16.2. The quantitative estimate of drug-likeness (QED) is 0.616. The van der Waals surface area contributed by atoms with Crippen molar-refractivity contribution in [3.8, 4) is 0 Å². The molecule has 3 amide bonds. The standard InChI is InChI=1S/C20H18N2O4/c1-2-7-21-18(24)16-9-12(3-5-14(16)11-23)8-13-4-6-15-17(10-13)20(26)22-19(15)25/h3-6,9-11H,2,7-8H2,1H3,(H,21,24)(H,22,25,26). The molecule has 0 atom stereocenters. The molecule has 0 aromatic heterocycles. The van der Waals surface area contributed by atoms with Crippen LogP contribution < -0.4 is 10.6 Å². The van der Waals surface area contributed by atoms with Gasteiger partial charge < -0.3 is 5.32 Å². The summed E-state index contributed by atoms with van der Waals surface area (Å²) >= 11 is 0. The summed E-state index contributed by atoms with van der Waals surface area (Å²) in [6, 6.07) is 10.2. The molecule has 0 saturated heterocycles. The first-order valence-corrected chi connectivity index (χ1v) is 8.38. The lowest BCUT2D eigenvalue weighted by atomic mass is 9.97. The number of hydrogen-bond acceptors (Lipinski definition) is 4. The molecule has 0 saturated carbocycles. The third-order valence-corrected chi connectivity index (χ3v) is 4.23. The van der Waals surface area contributed by atoms with E-state index in [1.165, 1.54) is 0 Å².